The van der Waals surface area contributed by atoms with Crippen molar-refractivity contribution in [3.8, 4) is 5.75 Å². The Morgan fingerprint density at radius 1 is 1.36 bits per heavy atom. The van der Waals surface area contributed by atoms with E-state index in [9.17, 15) is 4.79 Å². The molecule has 134 valence electrons. The number of amides is 1. The number of hydrogen-bond acceptors (Lipinski definition) is 4. The van der Waals surface area contributed by atoms with Crippen LogP contribution in [0.3, 0.4) is 0 Å². The zero-order chi connectivity index (χ0) is 18.0. The highest BCUT2D eigenvalue weighted by atomic mass is 32.1. The van der Waals surface area contributed by atoms with E-state index in [-0.39, 0.29) is 12.5 Å². The van der Waals surface area contributed by atoms with Crippen molar-refractivity contribution in [1.82, 2.24) is 4.98 Å². The van der Waals surface area contributed by atoms with Gasteiger partial charge in [0.25, 0.3) is 5.91 Å². The summed E-state index contributed by atoms with van der Waals surface area (Å²) in [5, 5.41) is 3.58. The zero-order valence-corrected chi connectivity index (χ0v) is 16.2. The fourth-order valence-corrected chi connectivity index (χ4v) is 4.29. The number of carbonyl (C=O) groups excluding carboxylic acids is 1. The van der Waals surface area contributed by atoms with Crippen molar-refractivity contribution in [2.45, 2.75) is 47.0 Å². The van der Waals surface area contributed by atoms with Crippen LogP contribution in [0, 0.1) is 18.3 Å². The average Bonchev–Trinajstić information content (AvgIpc) is 2.94. The molecule has 0 fully saturated rings. The molecular formula is C20H26N2O2S. The molecule has 3 rings (SSSR count). The van der Waals surface area contributed by atoms with Gasteiger partial charge in [0.1, 0.15) is 5.75 Å². The lowest BCUT2D eigenvalue weighted by Gasteiger charge is -2.33. The number of anilines is 1. The smallest absolute Gasteiger partial charge is 0.264 e. The van der Waals surface area contributed by atoms with Crippen LogP contribution in [0.2, 0.25) is 0 Å². The predicted molar refractivity (Wildman–Crippen MR) is 102 cm³/mol. The molecule has 1 atom stereocenters. The molecule has 5 heteroatoms. The third kappa shape index (κ3) is 4.40. The van der Waals surface area contributed by atoms with Crippen LogP contribution in [-0.2, 0) is 17.6 Å². The van der Waals surface area contributed by atoms with Crippen LogP contribution >= 0.6 is 11.3 Å². The molecule has 1 aliphatic rings. The van der Waals surface area contributed by atoms with Crippen LogP contribution in [0.15, 0.2) is 24.3 Å². The standard InChI is InChI=1S/C20H26N2O2S/c1-13-7-5-6-8-16(13)24-12-18(23)22-19-21-15-10-9-14(20(2,3)4)11-17(15)25-19/h5-8,14H,9-12H2,1-4H3,(H,21,22,23)/t14-/m0/s1. The van der Waals surface area contributed by atoms with Gasteiger partial charge in [0.05, 0.1) is 5.69 Å². The Balaban J connectivity index is 1.58. The van der Waals surface area contributed by atoms with E-state index in [1.807, 2.05) is 31.2 Å². The van der Waals surface area contributed by atoms with E-state index >= 15 is 0 Å². The average molecular weight is 359 g/mol. The quantitative estimate of drug-likeness (QED) is 0.867. The van der Waals surface area contributed by atoms with Gasteiger partial charge in [0, 0.05) is 4.88 Å². The highest BCUT2D eigenvalue weighted by molar-refractivity contribution is 7.15. The Bertz CT molecular complexity index is 761. The molecule has 0 bridgehead atoms. The minimum Gasteiger partial charge on any atom is -0.483 e. The van der Waals surface area contributed by atoms with Gasteiger partial charge in [-0.25, -0.2) is 4.98 Å². The minimum atomic E-state index is -0.165. The van der Waals surface area contributed by atoms with E-state index in [1.165, 1.54) is 11.3 Å². The second-order valence-corrected chi connectivity index (χ2v) is 8.88. The van der Waals surface area contributed by atoms with E-state index < -0.39 is 0 Å². The highest BCUT2D eigenvalue weighted by Crippen LogP contribution is 2.40. The van der Waals surface area contributed by atoms with Crippen LogP contribution in [0.5, 0.6) is 5.75 Å². The number of thiazole rings is 1. The fourth-order valence-electron chi connectivity index (χ4n) is 3.18. The van der Waals surface area contributed by atoms with Crippen molar-refractivity contribution in [2.75, 3.05) is 11.9 Å². The van der Waals surface area contributed by atoms with E-state index in [1.54, 1.807) is 11.3 Å². The number of ether oxygens (including phenoxy) is 1. The van der Waals surface area contributed by atoms with Crippen molar-refractivity contribution < 1.29 is 9.53 Å². The number of fused-ring (bicyclic) bond motifs is 1. The molecule has 1 aromatic heterocycles. The number of para-hydroxylation sites is 1. The van der Waals surface area contributed by atoms with Gasteiger partial charge in [-0.3, -0.25) is 10.1 Å². The molecule has 25 heavy (non-hydrogen) atoms. The van der Waals surface area contributed by atoms with Crippen LogP contribution in [-0.4, -0.2) is 17.5 Å². The maximum atomic E-state index is 12.2. The summed E-state index contributed by atoms with van der Waals surface area (Å²) in [5.41, 5.74) is 2.49. The van der Waals surface area contributed by atoms with Gasteiger partial charge in [0.15, 0.2) is 11.7 Å². The molecule has 0 saturated heterocycles. The maximum Gasteiger partial charge on any atom is 0.264 e. The van der Waals surface area contributed by atoms with Gasteiger partial charge in [-0.15, -0.1) is 11.3 Å². The lowest BCUT2D eigenvalue weighted by molar-refractivity contribution is -0.118. The third-order valence-electron chi connectivity index (χ3n) is 4.86. The van der Waals surface area contributed by atoms with Crippen LogP contribution in [0.1, 0.15) is 43.3 Å². The Morgan fingerprint density at radius 3 is 2.84 bits per heavy atom. The second kappa shape index (κ2) is 7.16. The van der Waals surface area contributed by atoms with Crippen LogP contribution in [0.4, 0.5) is 5.13 Å². The number of nitrogens with one attached hydrogen (secondary N) is 1. The van der Waals surface area contributed by atoms with Gasteiger partial charge in [-0.2, -0.15) is 0 Å². The Hall–Kier alpha value is -1.88. The van der Waals surface area contributed by atoms with Crippen molar-refractivity contribution in [2.24, 2.45) is 11.3 Å². The lowest BCUT2D eigenvalue weighted by Crippen LogP contribution is -2.26. The molecule has 1 heterocycles. The van der Waals surface area contributed by atoms with Gasteiger partial charge < -0.3 is 4.74 Å². The number of nitrogens with zero attached hydrogens (tertiary/aromatic N) is 1. The number of aromatic nitrogens is 1. The summed E-state index contributed by atoms with van der Waals surface area (Å²) >= 11 is 1.61. The molecular weight excluding hydrogens is 332 g/mol. The van der Waals surface area contributed by atoms with Gasteiger partial charge in [-0.05, 0) is 49.1 Å². The summed E-state index contributed by atoms with van der Waals surface area (Å²) in [6, 6.07) is 7.69. The molecule has 1 N–H and O–H groups in total. The fraction of sp³-hybridized carbons (Fsp3) is 0.500. The summed E-state index contributed by atoms with van der Waals surface area (Å²) in [6.07, 6.45) is 3.24. The minimum absolute atomic E-state index is 0.000282. The van der Waals surface area contributed by atoms with Gasteiger partial charge >= 0.3 is 0 Å². The Morgan fingerprint density at radius 2 is 2.12 bits per heavy atom. The second-order valence-electron chi connectivity index (χ2n) is 7.80. The van der Waals surface area contributed by atoms with E-state index in [0.29, 0.717) is 16.5 Å². The molecule has 0 unspecified atom stereocenters. The zero-order valence-electron chi connectivity index (χ0n) is 15.4. The normalized spacial score (nSPS) is 17.0. The van der Waals surface area contributed by atoms with Crippen molar-refractivity contribution in [3.63, 3.8) is 0 Å². The number of hydrogen-bond donors (Lipinski definition) is 1. The van der Waals surface area contributed by atoms with Gasteiger partial charge in [0.2, 0.25) is 0 Å². The molecule has 0 aliphatic heterocycles. The Labute approximate surface area is 153 Å². The first-order valence-corrected chi connectivity index (χ1v) is 9.61. The molecule has 1 aromatic carbocycles. The first kappa shape index (κ1) is 17.9. The number of carbonyl (C=O) groups is 1. The van der Waals surface area contributed by atoms with Crippen LogP contribution < -0.4 is 10.1 Å². The van der Waals surface area contributed by atoms with E-state index in [4.69, 9.17) is 4.74 Å². The highest BCUT2D eigenvalue weighted by Gasteiger charge is 2.30. The predicted octanol–water partition coefficient (Wildman–Crippen LogP) is 4.62. The van der Waals surface area contributed by atoms with Crippen molar-refractivity contribution >= 4 is 22.4 Å². The SMILES string of the molecule is Cc1ccccc1OCC(=O)Nc1nc2c(s1)C[C@@H](C(C)(C)C)CC2. The number of benzene rings is 1. The largest absolute Gasteiger partial charge is 0.483 e. The summed E-state index contributed by atoms with van der Waals surface area (Å²) in [7, 11) is 0. The number of rotatable bonds is 4. The summed E-state index contributed by atoms with van der Waals surface area (Å²) < 4.78 is 5.60. The molecule has 1 aliphatic carbocycles. The van der Waals surface area contributed by atoms with Crippen molar-refractivity contribution in [1.29, 1.82) is 0 Å². The first-order chi connectivity index (χ1) is 11.8. The molecule has 1 amide bonds. The van der Waals surface area contributed by atoms with E-state index in [2.05, 4.69) is 31.1 Å². The van der Waals surface area contributed by atoms with Gasteiger partial charge in [-0.1, -0.05) is 39.0 Å². The summed E-state index contributed by atoms with van der Waals surface area (Å²) in [6.45, 7) is 8.87. The topological polar surface area (TPSA) is 51.2 Å². The monoisotopic (exact) mass is 358 g/mol. The summed E-state index contributed by atoms with van der Waals surface area (Å²) in [5.74, 6) is 1.25. The molecule has 2 aromatic rings. The Kier molecular flexibility index (Phi) is 5.13. The third-order valence-corrected chi connectivity index (χ3v) is 5.90. The summed E-state index contributed by atoms with van der Waals surface area (Å²) in [4.78, 5) is 18.1. The maximum absolute atomic E-state index is 12.2. The van der Waals surface area contributed by atoms with Crippen LogP contribution in [0.25, 0.3) is 0 Å². The number of aryl methyl sites for hydroxylation is 2. The van der Waals surface area contributed by atoms with Crippen molar-refractivity contribution in [3.05, 3.63) is 40.4 Å². The first-order valence-electron chi connectivity index (χ1n) is 8.80. The molecule has 0 radical (unpaired) electrons. The lowest BCUT2D eigenvalue weighted by atomic mass is 9.73. The molecule has 4 nitrogen and oxygen atoms in total. The molecule has 0 spiro atoms. The molecule has 0 saturated carbocycles. The van der Waals surface area contributed by atoms with E-state index in [0.717, 1.165) is 29.8 Å².